The fraction of sp³-hybridized carbons (Fsp3) is 0.451. The van der Waals surface area contributed by atoms with Crippen molar-refractivity contribution in [3.63, 3.8) is 0 Å². The molecule has 3 fully saturated rings. The molecule has 0 aromatic heterocycles. The summed E-state index contributed by atoms with van der Waals surface area (Å²) < 4.78 is 6.88. The third-order valence-electron chi connectivity index (χ3n) is 15.0. The second-order valence-electron chi connectivity index (χ2n) is 19.0. The summed E-state index contributed by atoms with van der Waals surface area (Å²) in [7, 11) is 0. The van der Waals surface area contributed by atoms with Crippen LogP contribution in [-0.4, -0.2) is 6.88 Å². The molecule has 0 amide bonds. The molecule has 2 unspecified atom stereocenters. The Kier molecular flexibility index (Phi) is 12.5. The number of allylic oxidation sites excluding steroid dienone is 2. The Labute approximate surface area is 347 Å². The van der Waals surface area contributed by atoms with Gasteiger partial charge in [0.2, 0.25) is 0 Å². The first-order valence-electron chi connectivity index (χ1n) is 21.7. The molecule has 0 spiro atoms. The smallest absolute Gasteiger partial charge is 0.147 e. The monoisotopic (exact) mass is 864 g/mol. The second kappa shape index (κ2) is 16.7. The maximum absolute atomic E-state index is 3.73. The van der Waals surface area contributed by atoms with Gasteiger partial charge in [0.1, 0.15) is 0 Å². The number of hydrogen-bond acceptors (Lipinski definition) is 0. The second-order valence-corrected chi connectivity index (χ2v) is 49.5. The standard InChI is InChI=1S/C26H29.C23H25.2CH3.2ClH.H2Si.Zr/c1-2-7-19(8-3-1)21-13-15-22(16-14-21)25-12-6-11-23-17-24(18-26(23)25)20-9-4-5-10-20;1-2-17-15-21-9-6-10-22(23(21)16-17)20-13-11-19(12-14-20)18-7-4-3-5-8-18;;;;;;/h6,11-20H,1-5,7-10H2;6,9-16,18H,2-5,7-8H2,1H3;2*1H3;2*1H;1H2;. The Morgan fingerprint density at radius 1 is 0.509 bits per heavy atom. The van der Waals surface area contributed by atoms with Crippen molar-refractivity contribution in [3.05, 3.63) is 129 Å². The molecule has 4 aromatic carbocycles. The molecule has 0 radical (unpaired) electrons. The van der Waals surface area contributed by atoms with Crippen LogP contribution < -0.4 is 0 Å². The molecule has 5 aliphatic rings. The molecule has 0 nitrogen and oxygen atoms in total. The van der Waals surface area contributed by atoms with Crippen molar-refractivity contribution in [1.29, 1.82) is 0 Å². The molecule has 0 N–H and O–H groups in total. The predicted molar refractivity (Wildman–Crippen MR) is 244 cm³/mol. The molecule has 4 aromatic rings. The van der Waals surface area contributed by atoms with Crippen LogP contribution in [0.4, 0.5) is 0 Å². The molecule has 0 saturated heterocycles. The van der Waals surface area contributed by atoms with Gasteiger partial charge in [-0.05, 0) is 0 Å². The van der Waals surface area contributed by atoms with Crippen LogP contribution in [0.25, 0.3) is 34.4 Å². The van der Waals surface area contributed by atoms with E-state index >= 15 is 0 Å². The van der Waals surface area contributed by atoms with E-state index in [1.807, 2.05) is 5.57 Å². The van der Waals surface area contributed by atoms with E-state index in [2.05, 4.69) is 120 Å². The molecular formula is C51H64Cl2SiZr. The Balaban J connectivity index is 0.00000233. The van der Waals surface area contributed by atoms with Gasteiger partial charge in [0, 0.05) is 0 Å². The number of benzene rings is 4. The summed E-state index contributed by atoms with van der Waals surface area (Å²) in [5.74, 6) is 2.24. The molecule has 290 valence electrons. The van der Waals surface area contributed by atoms with Crippen LogP contribution >= 0.6 is 24.8 Å². The topological polar surface area (TPSA) is 0 Å². The molecule has 3 saturated carbocycles. The van der Waals surface area contributed by atoms with Crippen molar-refractivity contribution < 1.29 is 17.4 Å². The minimum absolute atomic E-state index is 0. The van der Waals surface area contributed by atoms with E-state index < -0.39 is 17.4 Å². The van der Waals surface area contributed by atoms with Crippen molar-refractivity contribution in [3.8, 4) is 22.3 Å². The Hall–Kier alpha value is -1.96. The van der Waals surface area contributed by atoms with E-state index in [0.29, 0.717) is 7.25 Å². The Bertz CT molecular complexity index is 2120. The van der Waals surface area contributed by atoms with E-state index in [4.69, 9.17) is 0 Å². The van der Waals surface area contributed by atoms with Gasteiger partial charge in [-0.1, -0.05) is 0 Å². The number of fused-ring (bicyclic) bond motifs is 2. The average Bonchev–Trinajstić information content (AvgIpc) is 3.97. The summed E-state index contributed by atoms with van der Waals surface area (Å²) in [6, 6.07) is 34.4. The molecule has 55 heavy (non-hydrogen) atoms. The molecule has 9 rings (SSSR count). The predicted octanol–water partition coefficient (Wildman–Crippen LogP) is 15.5. The minimum Gasteiger partial charge on any atom is -0.147 e. The first-order chi connectivity index (χ1) is 25.8. The summed E-state index contributed by atoms with van der Waals surface area (Å²) >= 11 is -3.73. The summed E-state index contributed by atoms with van der Waals surface area (Å²) in [6.07, 6.45) is 25.9. The fourth-order valence-corrected chi connectivity index (χ4v) is 32.2. The molecule has 0 bridgehead atoms. The van der Waals surface area contributed by atoms with Crippen LogP contribution in [0.5, 0.6) is 0 Å². The summed E-state index contributed by atoms with van der Waals surface area (Å²) in [6.45, 7) is 4.98. The fourth-order valence-electron chi connectivity index (χ4n) is 12.4. The van der Waals surface area contributed by atoms with E-state index in [0.717, 1.165) is 24.2 Å². The summed E-state index contributed by atoms with van der Waals surface area (Å²) in [5, 5.41) is 0. The number of halogens is 2. The normalized spacial score (nSPS) is 22.0. The van der Waals surface area contributed by atoms with Gasteiger partial charge in [-0.2, -0.15) is 0 Å². The number of hydrogen-bond donors (Lipinski definition) is 0. The first kappa shape index (κ1) is 41.2. The Morgan fingerprint density at radius 3 is 1.40 bits per heavy atom. The van der Waals surface area contributed by atoms with Crippen LogP contribution in [0.3, 0.4) is 0 Å². The molecule has 5 aliphatic carbocycles. The first-order valence-corrected chi connectivity index (χ1v) is 35.4. The third kappa shape index (κ3) is 7.59. The van der Waals surface area contributed by atoms with E-state index in [1.165, 1.54) is 118 Å². The van der Waals surface area contributed by atoms with E-state index in [9.17, 15) is 0 Å². The van der Waals surface area contributed by atoms with Gasteiger partial charge in [-0.25, -0.2) is 0 Å². The average molecular weight is 867 g/mol. The SMILES string of the molecule is CCC1=Cc2c(-c3ccc(C4CCCCC4)cc3)cccc2[CH]1[Zr]([CH3])([CH3])(=[SiH2])[CH]1C(C2CCCC2)=Cc2c(-c3ccc(C4CCCCC4)cc3)cccc21.Cl.Cl. The molecule has 0 aliphatic heterocycles. The van der Waals surface area contributed by atoms with Gasteiger partial charge < -0.3 is 0 Å². The summed E-state index contributed by atoms with van der Waals surface area (Å²) in [5.41, 5.74) is 18.7. The molecule has 4 heteroatoms. The zero-order chi connectivity index (χ0) is 36.2. The minimum atomic E-state index is -3.73. The van der Waals surface area contributed by atoms with Crippen LogP contribution in [-0.2, 0) is 17.4 Å². The zero-order valence-electron chi connectivity index (χ0n) is 33.8. The molecular weight excluding hydrogens is 803 g/mol. The quantitative estimate of drug-likeness (QED) is 0.155. The number of rotatable bonds is 8. The van der Waals surface area contributed by atoms with Crippen molar-refractivity contribution in [2.24, 2.45) is 5.92 Å². The van der Waals surface area contributed by atoms with Crippen molar-refractivity contribution in [2.75, 3.05) is 0 Å². The van der Waals surface area contributed by atoms with Crippen molar-refractivity contribution in [2.45, 2.75) is 132 Å². The van der Waals surface area contributed by atoms with Crippen molar-refractivity contribution >= 4 is 43.8 Å². The van der Waals surface area contributed by atoms with Crippen molar-refractivity contribution in [1.82, 2.24) is 0 Å². The summed E-state index contributed by atoms with van der Waals surface area (Å²) in [4.78, 5) is 0. The van der Waals surface area contributed by atoms with Gasteiger partial charge >= 0.3 is 326 Å². The van der Waals surface area contributed by atoms with E-state index in [1.54, 1.807) is 33.4 Å². The van der Waals surface area contributed by atoms with Gasteiger partial charge in [0.05, 0.1) is 0 Å². The maximum Gasteiger partial charge on any atom is -0.147 e. The van der Waals surface area contributed by atoms with Crippen LogP contribution in [0.15, 0.2) is 96.1 Å². The molecule has 0 heterocycles. The third-order valence-corrected chi connectivity index (χ3v) is 32.4. The Morgan fingerprint density at radius 2 is 0.927 bits per heavy atom. The van der Waals surface area contributed by atoms with Gasteiger partial charge in [-0.15, -0.1) is 24.8 Å². The largest absolute Gasteiger partial charge is 0.147 e. The zero-order valence-corrected chi connectivity index (χ0v) is 39.3. The van der Waals surface area contributed by atoms with Crippen LogP contribution in [0.1, 0.15) is 156 Å². The van der Waals surface area contributed by atoms with Gasteiger partial charge in [0.25, 0.3) is 0 Å². The van der Waals surface area contributed by atoms with Gasteiger partial charge in [0.15, 0.2) is 0 Å². The molecule has 2 atom stereocenters. The van der Waals surface area contributed by atoms with Gasteiger partial charge in [-0.3, -0.25) is 0 Å². The van der Waals surface area contributed by atoms with Crippen LogP contribution in [0.2, 0.25) is 9.26 Å². The maximum atomic E-state index is 2.86. The van der Waals surface area contributed by atoms with Crippen LogP contribution in [0, 0.1) is 5.92 Å². The van der Waals surface area contributed by atoms with E-state index in [-0.39, 0.29) is 24.8 Å².